The van der Waals surface area contributed by atoms with Gasteiger partial charge in [0, 0.05) is 31.4 Å². The van der Waals surface area contributed by atoms with Gasteiger partial charge in [-0.2, -0.15) is 0 Å². The second kappa shape index (κ2) is 8.89. The van der Waals surface area contributed by atoms with E-state index in [2.05, 4.69) is 16.0 Å². The quantitative estimate of drug-likeness (QED) is 0.791. The third kappa shape index (κ3) is 5.24. The highest BCUT2D eigenvalue weighted by Crippen LogP contribution is 2.12. The van der Waals surface area contributed by atoms with E-state index in [1.807, 2.05) is 60.7 Å². The molecule has 26 heavy (non-hydrogen) atoms. The van der Waals surface area contributed by atoms with Crippen LogP contribution in [0.15, 0.2) is 60.7 Å². The predicted octanol–water partition coefficient (Wildman–Crippen LogP) is 3.18. The largest absolute Gasteiger partial charge is 0.335 e. The highest BCUT2D eigenvalue weighted by molar-refractivity contribution is 5.89. The molecule has 136 valence electrons. The van der Waals surface area contributed by atoms with Crippen LogP contribution in [0.25, 0.3) is 0 Å². The summed E-state index contributed by atoms with van der Waals surface area (Å²) in [5, 5.41) is 8.74. The van der Waals surface area contributed by atoms with Gasteiger partial charge in [-0.05, 0) is 30.5 Å². The fourth-order valence-corrected chi connectivity index (χ4v) is 2.99. The first-order chi connectivity index (χ1) is 12.7. The smallest absolute Gasteiger partial charge is 0.319 e. The van der Waals surface area contributed by atoms with Crippen molar-refractivity contribution in [3.63, 3.8) is 0 Å². The van der Waals surface area contributed by atoms with Gasteiger partial charge in [0.1, 0.15) is 0 Å². The summed E-state index contributed by atoms with van der Waals surface area (Å²) in [6.45, 7) is 1.80. The van der Waals surface area contributed by atoms with Crippen LogP contribution < -0.4 is 16.0 Å². The molecular formula is C20H24N4O2. The lowest BCUT2D eigenvalue weighted by Gasteiger charge is -2.32. The standard InChI is InChI=1S/C20H24N4O2/c25-19(22-17-9-5-2-6-10-17)23-18-11-13-24(14-12-18)20(26)21-15-16-7-3-1-4-8-16/h1-10,18H,11-15H2,(H,21,26)(H2,22,23,25). The van der Waals surface area contributed by atoms with Crippen LogP contribution in [-0.2, 0) is 6.54 Å². The number of nitrogens with one attached hydrogen (secondary N) is 3. The summed E-state index contributed by atoms with van der Waals surface area (Å²) in [5.74, 6) is 0. The van der Waals surface area contributed by atoms with Crippen LogP contribution in [0.3, 0.4) is 0 Å². The van der Waals surface area contributed by atoms with Gasteiger partial charge in [-0.15, -0.1) is 0 Å². The molecule has 3 rings (SSSR count). The number of urea groups is 2. The number of para-hydroxylation sites is 1. The molecule has 6 nitrogen and oxygen atoms in total. The number of hydrogen-bond acceptors (Lipinski definition) is 2. The number of piperidine rings is 1. The molecule has 3 N–H and O–H groups in total. The molecule has 0 aromatic heterocycles. The fraction of sp³-hybridized carbons (Fsp3) is 0.300. The number of likely N-dealkylation sites (tertiary alicyclic amines) is 1. The van der Waals surface area contributed by atoms with Crippen molar-refractivity contribution in [3.8, 4) is 0 Å². The molecule has 4 amide bonds. The highest BCUT2D eigenvalue weighted by Gasteiger charge is 2.23. The van der Waals surface area contributed by atoms with Crippen molar-refractivity contribution in [2.75, 3.05) is 18.4 Å². The van der Waals surface area contributed by atoms with Gasteiger partial charge in [-0.1, -0.05) is 48.5 Å². The van der Waals surface area contributed by atoms with E-state index >= 15 is 0 Å². The van der Waals surface area contributed by atoms with Crippen molar-refractivity contribution >= 4 is 17.7 Å². The molecule has 0 bridgehead atoms. The van der Waals surface area contributed by atoms with Crippen molar-refractivity contribution in [2.24, 2.45) is 0 Å². The van der Waals surface area contributed by atoms with Gasteiger partial charge in [0.15, 0.2) is 0 Å². The van der Waals surface area contributed by atoms with E-state index in [-0.39, 0.29) is 18.1 Å². The number of rotatable bonds is 4. The van der Waals surface area contributed by atoms with Gasteiger partial charge in [0.2, 0.25) is 0 Å². The van der Waals surface area contributed by atoms with Gasteiger partial charge in [0.25, 0.3) is 0 Å². The maximum absolute atomic E-state index is 12.3. The minimum atomic E-state index is -0.205. The predicted molar refractivity (Wildman–Crippen MR) is 102 cm³/mol. The van der Waals surface area contributed by atoms with E-state index in [0.717, 1.165) is 24.1 Å². The van der Waals surface area contributed by atoms with Crippen molar-refractivity contribution < 1.29 is 9.59 Å². The zero-order valence-electron chi connectivity index (χ0n) is 14.7. The Hall–Kier alpha value is -3.02. The highest BCUT2D eigenvalue weighted by atomic mass is 16.2. The van der Waals surface area contributed by atoms with Crippen molar-refractivity contribution in [1.82, 2.24) is 15.5 Å². The molecule has 6 heteroatoms. The average Bonchev–Trinajstić information content (AvgIpc) is 2.68. The third-order valence-corrected chi connectivity index (χ3v) is 4.44. The number of nitrogens with zero attached hydrogens (tertiary/aromatic N) is 1. The molecule has 1 saturated heterocycles. The molecule has 0 saturated carbocycles. The first-order valence-corrected chi connectivity index (χ1v) is 8.90. The van der Waals surface area contributed by atoms with Gasteiger partial charge in [0.05, 0.1) is 0 Å². The topological polar surface area (TPSA) is 73.5 Å². The Bertz CT molecular complexity index is 713. The van der Waals surface area contributed by atoms with E-state index in [9.17, 15) is 9.59 Å². The maximum atomic E-state index is 12.3. The van der Waals surface area contributed by atoms with Gasteiger partial charge < -0.3 is 20.9 Å². The molecule has 0 unspecified atom stereocenters. The summed E-state index contributed by atoms with van der Waals surface area (Å²) < 4.78 is 0. The average molecular weight is 352 g/mol. The monoisotopic (exact) mass is 352 g/mol. The maximum Gasteiger partial charge on any atom is 0.319 e. The summed E-state index contributed by atoms with van der Waals surface area (Å²) in [4.78, 5) is 26.1. The summed E-state index contributed by atoms with van der Waals surface area (Å²) in [5.41, 5.74) is 1.85. The number of amides is 4. The Morgan fingerprint density at radius 1 is 0.923 bits per heavy atom. The molecule has 1 heterocycles. The van der Waals surface area contributed by atoms with Crippen LogP contribution in [0.2, 0.25) is 0 Å². The van der Waals surface area contributed by atoms with Gasteiger partial charge in [-0.3, -0.25) is 0 Å². The van der Waals surface area contributed by atoms with Crippen molar-refractivity contribution in [2.45, 2.75) is 25.4 Å². The number of carbonyl (C=O) groups is 2. The van der Waals surface area contributed by atoms with Gasteiger partial charge in [-0.25, -0.2) is 9.59 Å². The number of hydrogen-bond donors (Lipinski definition) is 3. The van der Waals surface area contributed by atoms with E-state index in [4.69, 9.17) is 0 Å². The Morgan fingerprint density at radius 2 is 1.54 bits per heavy atom. The Balaban J connectivity index is 1.38. The summed E-state index contributed by atoms with van der Waals surface area (Å²) in [6, 6.07) is 19.0. The molecule has 0 atom stereocenters. The summed E-state index contributed by atoms with van der Waals surface area (Å²) in [7, 11) is 0. The Labute approximate surface area is 153 Å². The molecule has 2 aromatic rings. The van der Waals surface area contributed by atoms with E-state index in [1.54, 1.807) is 4.90 Å². The second-order valence-electron chi connectivity index (χ2n) is 6.37. The molecule has 1 fully saturated rings. The molecule has 2 aromatic carbocycles. The lowest BCUT2D eigenvalue weighted by atomic mass is 10.1. The minimum Gasteiger partial charge on any atom is -0.335 e. The summed E-state index contributed by atoms with van der Waals surface area (Å²) in [6.07, 6.45) is 1.50. The second-order valence-corrected chi connectivity index (χ2v) is 6.37. The first-order valence-electron chi connectivity index (χ1n) is 8.90. The lowest BCUT2D eigenvalue weighted by Crippen LogP contribution is -2.50. The lowest BCUT2D eigenvalue weighted by molar-refractivity contribution is 0.176. The Morgan fingerprint density at radius 3 is 2.19 bits per heavy atom. The normalized spacial score (nSPS) is 14.5. The molecule has 1 aliphatic heterocycles. The van der Waals surface area contributed by atoms with E-state index in [0.29, 0.717) is 19.6 Å². The SMILES string of the molecule is O=C(Nc1ccccc1)NC1CCN(C(=O)NCc2ccccc2)CC1. The zero-order chi connectivity index (χ0) is 18.2. The number of anilines is 1. The molecule has 0 radical (unpaired) electrons. The summed E-state index contributed by atoms with van der Waals surface area (Å²) >= 11 is 0. The number of carbonyl (C=O) groups excluding carboxylic acids is 2. The van der Waals surface area contributed by atoms with Crippen LogP contribution >= 0.6 is 0 Å². The van der Waals surface area contributed by atoms with Crippen LogP contribution in [0, 0.1) is 0 Å². The van der Waals surface area contributed by atoms with Crippen molar-refractivity contribution in [1.29, 1.82) is 0 Å². The third-order valence-electron chi connectivity index (χ3n) is 4.44. The molecule has 0 spiro atoms. The zero-order valence-corrected chi connectivity index (χ0v) is 14.7. The van der Waals surface area contributed by atoms with Crippen LogP contribution in [0.5, 0.6) is 0 Å². The van der Waals surface area contributed by atoms with Crippen LogP contribution in [0.1, 0.15) is 18.4 Å². The Kier molecular flexibility index (Phi) is 6.09. The number of benzene rings is 2. The molecule has 0 aliphatic carbocycles. The van der Waals surface area contributed by atoms with E-state index < -0.39 is 0 Å². The fourth-order valence-electron chi connectivity index (χ4n) is 2.99. The van der Waals surface area contributed by atoms with Crippen LogP contribution in [-0.4, -0.2) is 36.1 Å². The molecule has 1 aliphatic rings. The minimum absolute atomic E-state index is 0.0546. The molecular weight excluding hydrogens is 328 g/mol. The van der Waals surface area contributed by atoms with Crippen molar-refractivity contribution in [3.05, 3.63) is 66.2 Å². The first kappa shape index (κ1) is 17.8. The van der Waals surface area contributed by atoms with Gasteiger partial charge >= 0.3 is 12.1 Å². The van der Waals surface area contributed by atoms with Crippen LogP contribution in [0.4, 0.5) is 15.3 Å². The van der Waals surface area contributed by atoms with E-state index in [1.165, 1.54) is 0 Å².